The monoisotopic (exact) mass is 130 g/mol. The van der Waals surface area contributed by atoms with Crippen LogP contribution in [-0.2, 0) is 4.79 Å². The van der Waals surface area contributed by atoms with Crippen molar-refractivity contribution >= 4 is 5.91 Å². The molecule has 0 saturated heterocycles. The third kappa shape index (κ3) is 4.83. The van der Waals surface area contributed by atoms with Crippen LogP contribution < -0.4 is 11.1 Å². The number of carbonyl (C=O) groups is 1. The van der Waals surface area contributed by atoms with Crippen molar-refractivity contribution in [2.45, 2.75) is 0 Å². The van der Waals surface area contributed by atoms with E-state index in [1.807, 2.05) is 0 Å². The molecule has 0 heterocycles. The first-order valence-corrected chi connectivity index (χ1v) is 2.50. The van der Waals surface area contributed by atoms with Crippen molar-refractivity contribution in [1.82, 2.24) is 5.32 Å². The molecule has 1 amide bonds. The Morgan fingerprint density at radius 1 is 1.78 bits per heavy atom. The molecule has 0 unspecified atom stereocenters. The van der Waals surface area contributed by atoms with Crippen molar-refractivity contribution in [2.24, 2.45) is 5.73 Å². The molecule has 0 fully saturated rings. The maximum atomic E-state index is 10.3. The van der Waals surface area contributed by atoms with Crippen LogP contribution in [0.15, 0.2) is 12.3 Å². The Balaban J connectivity index is 3.28. The minimum atomic E-state index is -0.301. The minimum Gasteiger partial charge on any atom is -0.511 e. The van der Waals surface area contributed by atoms with E-state index in [0.29, 0.717) is 0 Å². The average molecular weight is 130 g/mol. The number of rotatable bonds is 3. The molecule has 9 heavy (non-hydrogen) atoms. The molecule has 0 aliphatic carbocycles. The minimum absolute atomic E-state index is 0.0622. The molecule has 0 rings (SSSR count). The van der Waals surface area contributed by atoms with Crippen LogP contribution in [0, 0.1) is 0 Å². The molecule has 0 radical (unpaired) electrons. The van der Waals surface area contributed by atoms with Gasteiger partial charge in [-0.15, -0.1) is 0 Å². The standard InChI is InChI=1S/C5H10N2O2/c1-4(8)3-7-5(9)2-6/h8H,1-3,6H2,(H,7,9). The van der Waals surface area contributed by atoms with Crippen molar-refractivity contribution in [1.29, 1.82) is 0 Å². The van der Waals surface area contributed by atoms with Crippen LogP contribution in [0.4, 0.5) is 0 Å². The molecule has 4 heteroatoms. The summed E-state index contributed by atoms with van der Waals surface area (Å²) in [4.78, 5) is 10.3. The Kier molecular flexibility index (Phi) is 3.46. The number of aliphatic hydroxyl groups excluding tert-OH is 1. The number of hydrogen-bond acceptors (Lipinski definition) is 3. The maximum Gasteiger partial charge on any atom is 0.234 e. The van der Waals surface area contributed by atoms with Gasteiger partial charge < -0.3 is 16.2 Å². The van der Waals surface area contributed by atoms with Gasteiger partial charge in [0, 0.05) is 0 Å². The van der Waals surface area contributed by atoms with E-state index in [-0.39, 0.29) is 24.8 Å². The second kappa shape index (κ2) is 3.91. The van der Waals surface area contributed by atoms with Gasteiger partial charge in [-0.1, -0.05) is 6.58 Å². The van der Waals surface area contributed by atoms with E-state index in [1.54, 1.807) is 0 Å². The van der Waals surface area contributed by atoms with Gasteiger partial charge in [-0.2, -0.15) is 0 Å². The van der Waals surface area contributed by atoms with Gasteiger partial charge in [0.15, 0.2) is 0 Å². The fourth-order valence-corrected chi connectivity index (χ4v) is 0.273. The summed E-state index contributed by atoms with van der Waals surface area (Å²) in [5.74, 6) is -0.373. The summed E-state index contributed by atoms with van der Waals surface area (Å²) in [6.07, 6.45) is 0. The number of amides is 1. The van der Waals surface area contributed by atoms with Gasteiger partial charge in [0.25, 0.3) is 0 Å². The van der Waals surface area contributed by atoms with Crippen molar-refractivity contribution in [3.63, 3.8) is 0 Å². The Morgan fingerprint density at radius 3 is 2.67 bits per heavy atom. The Bertz CT molecular complexity index is 122. The van der Waals surface area contributed by atoms with Crippen LogP contribution in [0.25, 0.3) is 0 Å². The van der Waals surface area contributed by atoms with Gasteiger partial charge in [-0.3, -0.25) is 4.79 Å². The predicted octanol–water partition coefficient (Wildman–Crippen LogP) is -0.867. The van der Waals surface area contributed by atoms with E-state index >= 15 is 0 Å². The van der Waals surface area contributed by atoms with Crippen LogP contribution in [-0.4, -0.2) is 24.1 Å². The lowest BCUT2D eigenvalue weighted by Gasteiger charge is -1.99. The lowest BCUT2D eigenvalue weighted by atomic mass is 10.5. The average Bonchev–Trinajstić information content (AvgIpc) is 1.83. The maximum absolute atomic E-state index is 10.3. The van der Waals surface area contributed by atoms with Gasteiger partial charge >= 0.3 is 0 Å². The van der Waals surface area contributed by atoms with Gasteiger partial charge in [0.2, 0.25) is 5.91 Å². The zero-order valence-electron chi connectivity index (χ0n) is 5.05. The van der Waals surface area contributed by atoms with Crippen molar-refractivity contribution < 1.29 is 9.90 Å². The van der Waals surface area contributed by atoms with Gasteiger partial charge in [-0.05, 0) is 0 Å². The largest absolute Gasteiger partial charge is 0.511 e. The summed E-state index contributed by atoms with van der Waals surface area (Å²) in [6, 6.07) is 0. The normalized spacial score (nSPS) is 8.56. The first-order chi connectivity index (χ1) is 4.16. The number of carbonyl (C=O) groups excluding carboxylic acids is 1. The van der Waals surface area contributed by atoms with Crippen LogP contribution in [0.5, 0.6) is 0 Å². The smallest absolute Gasteiger partial charge is 0.234 e. The molecule has 0 aromatic carbocycles. The molecule has 0 atom stereocenters. The predicted molar refractivity (Wildman–Crippen MR) is 33.8 cm³/mol. The SMILES string of the molecule is C=C(O)CNC(=O)CN. The third-order valence-electron chi connectivity index (χ3n) is 0.675. The number of aliphatic hydroxyl groups is 1. The Morgan fingerprint density at radius 2 is 2.33 bits per heavy atom. The highest BCUT2D eigenvalue weighted by Gasteiger charge is 1.94. The quantitative estimate of drug-likeness (QED) is 0.435. The van der Waals surface area contributed by atoms with Gasteiger partial charge in [0.1, 0.15) is 5.76 Å². The van der Waals surface area contributed by atoms with E-state index in [1.165, 1.54) is 0 Å². The van der Waals surface area contributed by atoms with E-state index in [0.717, 1.165) is 0 Å². The van der Waals surface area contributed by atoms with E-state index in [2.05, 4.69) is 11.9 Å². The summed E-state index contributed by atoms with van der Waals surface area (Å²) in [5, 5.41) is 10.8. The summed E-state index contributed by atoms with van der Waals surface area (Å²) in [6.45, 7) is 3.18. The summed E-state index contributed by atoms with van der Waals surface area (Å²) in [5.41, 5.74) is 4.93. The summed E-state index contributed by atoms with van der Waals surface area (Å²) >= 11 is 0. The first kappa shape index (κ1) is 7.97. The van der Waals surface area contributed by atoms with Crippen molar-refractivity contribution in [3.05, 3.63) is 12.3 Å². The molecule has 0 aromatic rings. The fraction of sp³-hybridized carbons (Fsp3) is 0.400. The lowest BCUT2D eigenvalue weighted by Crippen LogP contribution is -2.31. The highest BCUT2D eigenvalue weighted by molar-refractivity contribution is 5.77. The molecule has 4 N–H and O–H groups in total. The molecule has 0 aromatic heterocycles. The Hall–Kier alpha value is -1.03. The van der Waals surface area contributed by atoms with Crippen LogP contribution >= 0.6 is 0 Å². The Labute approximate surface area is 53.4 Å². The third-order valence-corrected chi connectivity index (χ3v) is 0.675. The second-order valence-electron chi connectivity index (χ2n) is 1.55. The van der Waals surface area contributed by atoms with E-state index < -0.39 is 0 Å². The second-order valence-corrected chi connectivity index (χ2v) is 1.55. The lowest BCUT2D eigenvalue weighted by molar-refractivity contribution is -0.119. The van der Waals surface area contributed by atoms with Crippen LogP contribution in [0.1, 0.15) is 0 Å². The summed E-state index contributed by atoms with van der Waals surface area (Å²) < 4.78 is 0. The molecule has 0 bridgehead atoms. The molecule has 4 nitrogen and oxygen atoms in total. The van der Waals surface area contributed by atoms with Crippen molar-refractivity contribution in [2.75, 3.05) is 13.1 Å². The zero-order chi connectivity index (χ0) is 7.28. The van der Waals surface area contributed by atoms with Crippen molar-refractivity contribution in [3.8, 4) is 0 Å². The van der Waals surface area contributed by atoms with E-state index in [4.69, 9.17) is 10.8 Å². The molecule has 0 aliphatic rings. The molecular weight excluding hydrogens is 120 g/mol. The van der Waals surface area contributed by atoms with Crippen LogP contribution in [0.2, 0.25) is 0 Å². The fourth-order valence-electron chi connectivity index (χ4n) is 0.273. The van der Waals surface area contributed by atoms with E-state index in [9.17, 15) is 4.79 Å². The molecule has 52 valence electrons. The molecule has 0 saturated carbocycles. The molecule has 0 spiro atoms. The topological polar surface area (TPSA) is 75.3 Å². The molecule has 0 aliphatic heterocycles. The highest BCUT2D eigenvalue weighted by atomic mass is 16.3. The zero-order valence-corrected chi connectivity index (χ0v) is 5.05. The number of hydrogen-bond donors (Lipinski definition) is 3. The number of nitrogens with one attached hydrogen (secondary N) is 1. The number of nitrogens with two attached hydrogens (primary N) is 1. The first-order valence-electron chi connectivity index (χ1n) is 2.50. The van der Waals surface area contributed by atoms with Gasteiger partial charge in [0.05, 0.1) is 13.1 Å². The highest BCUT2D eigenvalue weighted by Crippen LogP contribution is 1.74. The summed E-state index contributed by atoms with van der Waals surface area (Å²) in [7, 11) is 0. The van der Waals surface area contributed by atoms with Gasteiger partial charge in [-0.25, -0.2) is 0 Å². The molecular formula is C5H10N2O2. The van der Waals surface area contributed by atoms with Crippen LogP contribution in [0.3, 0.4) is 0 Å².